The van der Waals surface area contributed by atoms with E-state index in [4.69, 9.17) is 0 Å². The highest BCUT2D eigenvalue weighted by atomic mass is 16.6. The minimum atomic E-state index is -1.43. The number of hydrogen-bond donors (Lipinski definition) is 0. The summed E-state index contributed by atoms with van der Waals surface area (Å²) in [5.41, 5.74) is -0.0770. The summed E-state index contributed by atoms with van der Waals surface area (Å²) in [6, 6.07) is 3.59. The molecule has 0 unspecified atom stereocenters. The first kappa shape index (κ1) is 17.4. The number of piperidine rings is 1. The van der Waals surface area contributed by atoms with Gasteiger partial charge in [0.1, 0.15) is 0 Å². The van der Waals surface area contributed by atoms with Crippen molar-refractivity contribution < 1.29 is 19.3 Å². The van der Waals surface area contributed by atoms with Gasteiger partial charge in [-0.3, -0.25) is 29.5 Å². The molecule has 4 amide bonds. The summed E-state index contributed by atoms with van der Waals surface area (Å²) in [5, 5.41) is 11.2. The minimum absolute atomic E-state index is 0.0603. The van der Waals surface area contributed by atoms with Gasteiger partial charge in [0.15, 0.2) is 5.41 Å². The zero-order valence-corrected chi connectivity index (χ0v) is 15.2. The number of hydrogen-bond acceptors (Lipinski definition) is 6. The van der Waals surface area contributed by atoms with Crippen molar-refractivity contribution >= 4 is 29.2 Å². The topological polar surface area (TPSA) is 104 Å². The maximum Gasteiger partial charge on any atom is 0.332 e. The van der Waals surface area contributed by atoms with Crippen LogP contribution in [0, 0.1) is 15.5 Å². The Labute approximate surface area is 155 Å². The highest BCUT2D eigenvalue weighted by Gasteiger charge is 2.63. The van der Waals surface area contributed by atoms with Crippen LogP contribution in [0.3, 0.4) is 0 Å². The second kappa shape index (κ2) is 5.77. The van der Waals surface area contributed by atoms with Gasteiger partial charge >= 0.3 is 6.03 Å². The Morgan fingerprint density at radius 3 is 2.41 bits per heavy atom. The molecule has 142 valence electrons. The van der Waals surface area contributed by atoms with Crippen molar-refractivity contribution in [3.63, 3.8) is 0 Å². The fourth-order valence-corrected chi connectivity index (χ4v) is 4.78. The van der Waals surface area contributed by atoms with Gasteiger partial charge in [-0.2, -0.15) is 0 Å². The molecule has 0 radical (unpaired) electrons. The van der Waals surface area contributed by atoms with E-state index < -0.39 is 28.2 Å². The highest BCUT2D eigenvalue weighted by Crippen LogP contribution is 2.49. The Morgan fingerprint density at radius 1 is 1.11 bits per heavy atom. The SMILES string of the molecule is CN1C(=O)N(C)C(=O)C2(Cc3cc([N+](=O)[O-])ccc3N3CCCC[C@H]32)C1=O. The lowest BCUT2D eigenvalue weighted by Gasteiger charge is -2.54. The van der Waals surface area contributed by atoms with E-state index in [1.165, 1.54) is 26.2 Å². The molecule has 2 fully saturated rings. The van der Waals surface area contributed by atoms with Gasteiger partial charge in [0.2, 0.25) is 11.8 Å². The van der Waals surface area contributed by atoms with Crippen LogP contribution in [0.5, 0.6) is 0 Å². The van der Waals surface area contributed by atoms with Gasteiger partial charge < -0.3 is 4.90 Å². The van der Waals surface area contributed by atoms with Crippen LogP contribution in [0.4, 0.5) is 16.2 Å². The molecular weight excluding hydrogens is 352 g/mol. The first-order chi connectivity index (χ1) is 12.8. The number of amides is 4. The average Bonchev–Trinajstić information content (AvgIpc) is 2.68. The number of rotatable bonds is 1. The van der Waals surface area contributed by atoms with Crippen molar-refractivity contribution in [2.24, 2.45) is 5.41 Å². The number of fused-ring (bicyclic) bond motifs is 4. The van der Waals surface area contributed by atoms with E-state index >= 15 is 0 Å². The summed E-state index contributed by atoms with van der Waals surface area (Å²) >= 11 is 0. The summed E-state index contributed by atoms with van der Waals surface area (Å²) < 4.78 is 0. The van der Waals surface area contributed by atoms with Crippen LogP contribution in [0.15, 0.2) is 18.2 Å². The summed E-state index contributed by atoms with van der Waals surface area (Å²) in [5.74, 6) is -1.05. The van der Waals surface area contributed by atoms with Crippen LogP contribution < -0.4 is 4.90 Å². The highest BCUT2D eigenvalue weighted by molar-refractivity contribution is 6.20. The van der Waals surface area contributed by atoms with Crippen LogP contribution in [0.25, 0.3) is 0 Å². The molecule has 0 aromatic heterocycles. The number of benzene rings is 1. The Bertz CT molecular complexity index is 859. The molecule has 9 nitrogen and oxygen atoms in total. The molecule has 3 aliphatic heterocycles. The number of anilines is 1. The molecule has 1 atom stereocenters. The summed E-state index contributed by atoms with van der Waals surface area (Å²) in [6.07, 6.45) is 2.51. The largest absolute Gasteiger partial charge is 0.367 e. The van der Waals surface area contributed by atoms with E-state index in [-0.39, 0.29) is 18.2 Å². The monoisotopic (exact) mass is 372 g/mol. The van der Waals surface area contributed by atoms with Crippen molar-refractivity contribution in [3.05, 3.63) is 33.9 Å². The second-order valence-corrected chi connectivity index (χ2v) is 7.43. The second-order valence-electron chi connectivity index (χ2n) is 7.43. The van der Waals surface area contributed by atoms with E-state index in [0.717, 1.165) is 28.3 Å². The van der Waals surface area contributed by atoms with E-state index in [2.05, 4.69) is 0 Å². The molecule has 4 rings (SSSR count). The Balaban J connectivity index is 1.92. The number of imide groups is 2. The molecule has 0 saturated carbocycles. The zero-order valence-electron chi connectivity index (χ0n) is 15.2. The predicted molar refractivity (Wildman–Crippen MR) is 95.2 cm³/mol. The van der Waals surface area contributed by atoms with Crippen LogP contribution in [-0.4, -0.2) is 59.3 Å². The fourth-order valence-electron chi connectivity index (χ4n) is 4.78. The van der Waals surface area contributed by atoms with Crippen LogP contribution in [0.2, 0.25) is 0 Å². The summed E-state index contributed by atoms with van der Waals surface area (Å²) in [7, 11) is 2.76. The van der Waals surface area contributed by atoms with E-state index in [0.29, 0.717) is 18.5 Å². The standard InChI is InChI=1S/C18H20N4O5/c1-19-15(23)18(16(24)20(2)17(19)25)10-11-9-12(22(26)27)6-7-13(11)21-8-4-3-5-14(18)21/h6-7,9,14H,3-5,8,10H2,1-2H3/t14-/m0/s1. The quantitative estimate of drug-likeness (QED) is 0.421. The molecule has 0 aliphatic carbocycles. The maximum absolute atomic E-state index is 13.2. The van der Waals surface area contributed by atoms with Crippen LogP contribution in [0.1, 0.15) is 24.8 Å². The van der Waals surface area contributed by atoms with Crippen molar-refractivity contribution in [2.45, 2.75) is 31.7 Å². The van der Waals surface area contributed by atoms with Gasteiger partial charge in [-0.1, -0.05) is 0 Å². The van der Waals surface area contributed by atoms with Crippen LogP contribution in [-0.2, 0) is 16.0 Å². The number of nitrogens with zero attached hydrogens (tertiary/aromatic N) is 4. The zero-order chi connectivity index (χ0) is 19.5. The van der Waals surface area contributed by atoms with Gasteiger partial charge in [0.05, 0.1) is 11.0 Å². The third kappa shape index (κ3) is 2.20. The van der Waals surface area contributed by atoms with Crippen molar-refractivity contribution in [2.75, 3.05) is 25.5 Å². The van der Waals surface area contributed by atoms with Gasteiger partial charge in [-0.25, -0.2) is 4.79 Å². The molecule has 1 aromatic carbocycles. The lowest BCUT2D eigenvalue weighted by atomic mass is 9.66. The van der Waals surface area contributed by atoms with E-state index in [9.17, 15) is 24.5 Å². The maximum atomic E-state index is 13.2. The summed E-state index contributed by atoms with van der Waals surface area (Å²) in [4.78, 5) is 53.5. The molecule has 3 heterocycles. The van der Waals surface area contributed by atoms with E-state index in [1.54, 1.807) is 6.07 Å². The van der Waals surface area contributed by atoms with Crippen molar-refractivity contribution in [1.82, 2.24) is 9.80 Å². The number of carbonyl (C=O) groups is 3. The van der Waals surface area contributed by atoms with Crippen molar-refractivity contribution in [3.8, 4) is 0 Å². The molecule has 0 bridgehead atoms. The fraction of sp³-hybridized carbons (Fsp3) is 0.500. The number of non-ortho nitro benzene ring substituents is 1. The van der Waals surface area contributed by atoms with Gasteiger partial charge in [0.25, 0.3) is 5.69 Å². The molecule has 3 aliphatic rings. The third-order valence-electron chi connectivity index (χ3n) is 6.07. The molecule has 1 spiro atoms. The Kier molecular flexibility index (Phi) is 3.72. The van der Waals surface area contributed by atoms with E-state index in [1.807, 2.05) is 4.90 Å². The number of nitro benzene ring substituents is 1. The molecule has 9 heteroatoms. The molecule has 2 saturated heterocycles. The lowest BCUT2D eigenvalue weighted by Crippen LogP contribution is -2.72. The minimum Gasteiger partial charge on any atom is -0.367 e. The predicted octanol–water partition coefficient (Wildman–Crippen LogP) is 1.55. The van der Waals surface area contributed by atoms with Gasteiger partial charge in [-0.05, 0) is 30.9 Å². The van der Waals surface area contributed by atoms with Crippen molar-refractivity contribution in [1.29, 1.82) is 0 Å². The number of carbonyl (C=O) groups excluding carboxylic acids is 3. The molecular formula is C18H20N4O5. The first-order valence-electron chi connectivity index (χ1n) is 8.93. The number of nitro groups is 1. The Hall–Kier alpha value is -2.97. The van der Waals surface area contributed by atoms with Gasteiger partial charge in [-0.15, -0.1) is 0 Å². The smallest absolute Gasteiger partial charge is 0.332 e. The number of urea groups is 1. The normalized spacial score (nSPS) is 24.1. The first-order valence-corrected chi connectivity index (χ1v) is 8.93. The Morgan fingerprint density at radius 2 is 1.78 bits per heavy atom. The lowest BCUT2D eigenvalue weighted by molar-refractivity contribution is -0.384. The molecule has 1 aromatic rings. The summed E-state index contributed by atoms with van der Waals surface area (Å²) in [6.45, 7) is 0.666. The molecule has 0 N–H and O–H groups in total. The number of barbiturate groups is 1. The third-order valence-corrected chi connectivity index (χ3v) is 6.07. The molecule has 27 heavy (non-hydrogen) atoms. The average molecular weight is 372 g/mol. The van der Waals surface area contributed by atoms with Crippen LogP contribution >= 0.6 is 0 Å². The van der Waals surface area contributed by atoms with Gasteiger partial charge in [0, 0.05) is 44.9 Å².